The van der Waals surface area contributed by atoms with Gasteiger partial charge in [0.25, 0.3) is 0 Å². The van der Waals surface area contributed by atoms with Crippen molar-refractivity contribution in [3.63, 3.8) is 0 Å². The van der Waals surface area contributed by atoms with Crippen molar-refractivity contribution in [2.45, 2.75) is 32.9 Å². The maximum atomic E-state index is 11.8. The minimum atomic E-state index is -0.217. The summed E-state index contributed by atoms with van der Waals surface area (Å²) >= 11 is 0. The molecule has 0 unspecified atom stereocenters. The molecule has 2 aromatic heterocycles. The van der Waals surface area contributed by atoms with Crippen LogP contribution in [0.25, 0.3) is 0 Å². The van der Waals surface area contributed by atoms with Gasteiger partial charge in [0.15, 0.2) is 5.82 Å². The second-order valence-electron chi connectivity index (χ2n) is 5.35. The molecule has 1 aliphatic rings. The van der Waals surface area contributed by atoms with Crippen LogP contribution in [-0.2, 0) is 17.9 Å². The molecule has 2 heterocycles. The Morgan fingerprint density at radius 1 is 1.52 bits per heavy atom. The SMILES string of the molecule is Cc1cc(NC(=O)Cn2cc(CNCC3CC3)nn2)no1. The molecule has 0 bridgehead atoms. The van der Waals surface area contributed by atoms with E-state index in [0.717, 1.165) is 18.2 Å². The maximum Gasteiger partial charge on any atom is 0.247 e. The number of nitrogens with one attached hydrogen (secondary N) is 2. The third-order valence-corrected chi connectivity index (χ3v) is 3.22. The first-order valence-electron chi connectivity index (χ1n) is 7.02. The standard InChI is InChI=1S/C13H18N6O2/c1-9-4-12(17-21-9)15-13(20)8-19-7-11(16-18-19)6-14-5-10-2-3-10/h4,7,10,14H,2-3,5-6,8H2,1H3,(H,15,17,20). The van der Waals surface area contributed by atoms with Gasteiger partial charge in [0.2, 0.25) is 5.91 Å². The van der Waals surface area contributed by atoms with Crippen molar-refractivity contribution in [1.29, 1.82) is 0 Å². The fourth-order valence-corrected chi connectivity index (χ4v) is 1.98. The molecular formula is C13H18N6O2. The second kappa shape index (κ2) is 6.04. The van der Waals surface area contributed by atoms with Crippen molar-refractivity contribution in [2.75, 3.05) is 11.9 Å². The molecule has 1 aliphatic carbocycles. The van der Waals surface area contributed by atoms with E-state index in [-0.39, 0.29) is 12.5 Å². The molecule has 112 valence electrons. The van der Waals surface area contributed by atoms with E-state index < -0.39 is 0 Å². The van der Waals surface area contributed by atoms with Crippen molar-refractivity contribution >= 4 is 11.7 Å². The Morgan fingerprint density at radius 3 is 3.10 bits per heavy atom. The van der Waals surface area contributed by atoms with Crippen molar-refractivity contribution in [3.8, 4) is 0 Å². The fourth-order valence-electron chi connectivity index (χ4n) is 1.98. The topological polar surface area (TPSA) is 97.9 Å². The summed E-state index contributed by atoms with van der Waals surface area (Å²) in [6, 6.07) is 1.66. The first kappa shape index (κ1) is 13.7. The van der Waals surface area contributed by atoms with E-state index in [9.17, 15) is 4.79 Å². The highest BCUT2D eigenvalue weighted by atomic mass is 16.5. The molecule has 0 aromatic carbocycles. The Morgan fingerprint density at radius 2 is 2.38 bits per heavy atom. The average molecular weight is 290 g/mol. The quantitative estimate of drug-likeness (QED) is 0.779. The Bertz CT molecular complexity index is 616. The van der Waals surface area contributed by atoms with Gasteiger partial charge in [-0.05, 0) is 32.2 Å². The van der Waals surface area contributed by atoms with Gasteiger partial charge in [0.05, 0.1) is 11.9 Å². The molecule has 1 amide bonds. The highest BCUT2D eigenvalue weighted by Crippen LogP contribution is 2.27. The summed E-state index contributed by atoms with van der Waals surface area (Å²) in [5, 5.41) is 17.6. The number of hydrogen-bond acceptors (Lipinski definition) is 6. The molecule has 0 spiro atoms. The lowest BCUT2D eigenvalue weighted by Gasteiger charge is -2.00. The van der Waals surface area contributed by atoms with Gasteiger partial charge in [-0.1, -0.05) is 10.4 Å². The van der Waals surface area contributed by atoms with E-state index in [1.54, 1.807) is 19.2 Å². The highest BCUT2D eigenvalue weighted by Gasteiger charge is 2.20. The lowest BCUT2D eigenvalue weighted by molar-refractivity contribution is -0.117. The summed E-state index contributed by atoms with van der Waals surface area (Å²) in [5.41, 5.74) is 0.834. The van der Waals surface area contributed by atoms with Gasteiger partial charge in [-0.25, -0.2) is 4.68 Å². The van der Waals surface area contributed by atoms with Gasteiger partial charge < -0.3 is 15.2 Å². The third-order valence-electron chi connectivity index (χ3n) is 3.22. The molecule has 8 heteroatoms. The maximum absolute atomic E-state index is 11.8. The van der Waals surface area contributed by atoms with Crippen LogP contribution in [-0.4, -0.2) is 32.6 Å². The average Bonchev–Trinajstić information content (AvgIpc) is 3.01. The van der Waals surface area contributed by atoms with Crippen molar-refractivity contribution in [3.05, 3.63) is 23.7 Å². The molecule has 3 rings (SSSR count). The second-order valence-corrected chi connectivity index (χ2v) is 5.35. The molecular weight excluding hydrogens is 272 g/mol. The Balaban J connectivity index is 1.45. The van der Waals surface area contributed by atoms with E-state index in [2.05, 4.69) is 26.1 Å². The predicted octanol–water partition coefficient (Wildman–Crippen LogP) is 0.713. The minimum absolute atomic E-state index is 0.0987. The third kappa shape index (κ3) is 4.12. The molecule has 1 saturated carbocycles. The van der Waals surface area contributed by atoms with Gasteiger partial charge in [-0.15, -0.1) is 5.10 Å². The van der Waals surface area contributed by atoms with E-state index in [1.807, 2.05) is 0 Å². The summed E-state index contributed by atoms with van der Waals surface area (Å²) in [6.07, 6.45) is 4.41. The Hall–Kier alpha value is -2.22. The molecule has 0 saturated heterocycles. The van der Waals surface area contributed by atoms with Crippen LogP contribution in [0.15, 0.2) is 16.8 Å². The lowest BCUT2D eigenvalue weighted by atomic mass is 10.4. The molecule has 0 aliphatic heterocycles. The van der Waals surface area contributed by atoms with Gasteiger partial charge in [0.1, 0.15) is 12.3 Å². The van der Waals surface area contributed by atoms with Crippen LogP contribution in [0.4, 0.5) is 5.82 Å². The predicted molar refractivity (Wildman–Crippen MR) is 74.3 cm³/mol. The molecule has 0 atom stereocenters. The highest BCUT2D eigenvalue weighted by molar-refractivity contribution is 5.89. The van der Waals surface area contributed by atoms with Crippen molar-refractivity contribution < 1.29 is 9.32 Å². The van der Waals surface area contributed by atoms with E-state index in [0.29, 0.717) is 18.1 Å². The van der Waals surface area contributed by atoms with Crippen LogP contribution in [0.1, 0.15) is 24.3 Å². The minimum Gasteiger partial charge on any atom is -0.360 e. The largest absolute Gasteiger partial charge is 0.360 e. The van der Waals surface area contributed by atoms with Crippen molar-refractivity contribution in [2.24, 2.45) is 5.92 Å². The molecule has 21 heavy (non-hydrogen) atoms. The van der Waals surface area contributed by atoms with E-state index in [4.69, 9.17) is 4.52 Å². The molecule has 8 nitrogen and oxygen atoms in total. The normalized spacial score (nSPS) is 14.3. The first-order chi connectivity index (χ1) is 10.2. The molecule has 2 aromatic rings. The summed E-state index contributed by atoms with van der Waals surface area (Å²) in [5.74, 6) is 1.67. The summed E-state index contributed by atoms with van der Waals surface area (Å²) < 4.78 is 6.39. The monoisotopic (exact) mass is 290 g/mol. The van der Waals surface area contributed by atoms with E-state index in [1.165, 1.54) is 17.5 Å². The Labute approximate surface area is 121 Å². The zero-order valence-electron chi connectivity index (χ0n) is 11.9. The number of aromatic nitrogens is 4. The van der Waals surface area contributed by atoms with Gasteiger partial charge >= 0.3 is 0 Å². The van der Waals surface area contributed by atoms with E-state index >= 15 is 0 Å². The smallest absolute Gasteiger partial charge is 0.247 e. The number of anilines is 1. The number of nitrogens with zero attached hydrogens (tertiary/aromatic N) is 4. The fraction of sp³-hybridized carbons (Fsp3) is 0.538. The van der Waals surface area contributed by atoms with Crippen LogP contribution in [0.3, 0.4) is 0 Å². The van der Waals surface area contributed by atoms with Gasteiger partial charge in [0, 0.05) is 12.6 Å². The number of carbonyl (C=O) groups excluding carboxylic acids is 1. The molecule has 2 N–H and O–H groups in total. The zero-order valence-corrected chi connectivity index (χ0v) is 11.9. The number of amides is 1. The van der Waals surface area contributed by atoms with Gasteiger partial charge in [-0.2, -0.15) is 0 Å². The number of rotatable bonds is 7. The van der Waals surface area contributed by atoms with Crippen LogP contribution in [0, 0.1) is 12.8 Å². The zero-order chi connectivity index (χ0) is 14.7. The first-order valence-corrected chi connectivity index (χ1v) is 7.02. The van der Waals surface area contributed by atoms with Crippen molar-refractivity contribution in [1.82, 2.24) is 25.5 Å². The lowest BCUT2D eigenvalue weighted by Crippen LogP contribution is -2.19. The summed E-state index contributed by atoms with van der Waals surface area (Å²) in [6.45, 7) is 3.57. The summed E-state index contributed by atoms with van der Waals surface area (Å²) in [4.78, 5) is 11.8. The number of carbonyl (C=O) groups is 1. The van der Waals surface area contributed by atoms with Crippen LogP contribution in [0.2, 0.25) is 0 Å². The van der Waals surface area contributed by atoms with Gasteiger partial charge in [-0.3, -0.25) is 4.79 Å². The molecule has 1 fully saturated rings. The van der Waals surface area contributed by atoms with Crippen LogP contribution >= 0.6 is 0 Å². The number of aryl methyl sites for hydroxylation is 1. The summed E-state index contributed by atoms with van der Waals surface area (Å²) in [7, 11) is 0. The van der Waals surface area contributed by atoms with Crippen LogP contribution in [0.5, 0.6) is 0 Å². The van der Waals surface area contributed by atoms with Crippen LogP contribution < -0.4 is 10.6 Å². The Kier molecular flexibility index (Phi) is 3.96. The number of hydrogen-bond donors (Lipinski definition) is 2. The molecule has 0 radical (unpaired) electrons.